The first kappa shape index (κ1) is 15.7. The van der Waals surface area contributed by atoms with Crippen LogP contribution in [0.3, 0.4) is 0 Å². The van der Waals surface area contributed by atoms with E-state index < -0.39 is 0 Å². The van der Waals surface area contributed by atoms with Crippen LogP contribution in [-0.4, -0.2) is 30.0 Å². The molecule has 0 radical (unpaired) electrons. The van der Waals surface area contributed by atoms with Gasteiger partial charge in [-0.25, -0.2) is 4.39 Å². The molecule has 0 aliphatic carbocycles. The van der Waals surface area contributed by atoms with Crippen molar-refractivity contribution in [3.05, 3.63) is 71.0 Å². The fourth-order valence-corrected chi connectivity index (χ4v) is 2.78. The summed E-state index contributed by atoms with van der Waals surface area (Å²) in [6.07, 6.45) is -0.129. The summed E-state index contributed by atoms with van der Waals surface area (Å²) in [5.41, 5.74) is 2.76. The summed E-state index contributed by atoms with van der Waals surface area (Å²) in [6, 6.07) is 13.8. The Balaban J connectivity index is 1.79. The van der Waals surface area contributed by atoms with E-state index in [4.69, 9.17) is 4.74 Å². The second-order valence-electron chi connectivity index (χ2n) is 6.05. The van der Waals surface area contributed by atoms with Gasteiger partial charge in [-0.1, -0.05) is 29.8 Å². The third kappa shape index (κ3) is 3.42. The Morgan fingerprint density at radius 2 is 1.78 bits per heavy atom. The fourth-order valence-electron chi connectivity index (χ4n) is 2.78. The topological polar surface area (TPSA) is 29.5 Å². The van der Waals surface area contributed by atoms with Crippen molar-refractivity contribution in [2.75, 3.05) is 13.2 Å². The number of carbonyl (C=O) groups excluding carboxylic acids is 1. The summed E-state index contributed by atoms with van der Waals surface area (Å²) >= 11 is 0. The first-order valence-electron chi connectivity index (χ1n) is 7.79. The first-order chi connectivity index (χ1) is 11.0. The number of aryl methyl sites for hydroxylation is 1. The average Bonchev–Trinajstić information content (AvgIpc) is 2.56. The number of carbonyl (C=O) groups is 1. The fraction of sp³-hybridized carbons (Fsp3) is 0.316. The van der Waals surface area contributed by atoms with Gasteiger partial charge in [0.2, 0.25) is 0 Å². The molecule has 0 saturated carbocycles. The minimum Gasteiger partial charge on any atom is -0.370 e. The second kappa shape index (κ2) is 6.50. The minimum atomic E-state index is -0.339. The normalized spacial score (nSPS) is 21.3. The highest BCUT2D eigenvalue weighted by Gasteiger charge is 2.31. The Bertz CT molecular complexity index is 682. The van der Waals surface area contributed by atoms with E-state index in [-0.39, 0.29) is 23.9 Å². The van der Waals surface area contributed by atoms with Crippen molar-refractivity contribution in [3.8, 4) is 0 Å². The van der Waals surface area contributed by atoms with Gasteiger partial charge in [0.05, 0.1) is 19.2 Å². The molecule has 2 unspecified atom stereocenters. The zero-order valence-electron chi connectivity index (χ0n) is 13.3. The van der Waals surface area contributed by atoms with Gasteiger partial charge in [-0.2, -0.15) is 0 Å². The lowest BCUT2D eigenvalue weighted by Gasteiger charge is -2.38. The Morgan fingerprint density at radius 1 is 1.13 bits per heavy atom. The lowest BCUT2D eigenvalue weighted by Crippen LogP contribution is -2.48. The largest absolute Gasteiger partial charge is 0.370 e. The van der Waals surface area contributed by atoms with E-state index in [0.717, 1.165) is 5.56 Å². The monoisotopic (exact) mass is 313 g/mol. The quantitative estimate of drug-likeness (QED) is 0.845. The van der Waals surface area contributed by atoms with E-state index in [2.05, 4.69) is 0 Å². The first-order valence-corrected chi connectivity index (χ1v) is 7.79. The van der Waals surface area contributed by atoms with Gasteiger partial charge in [0.1, 0.15) is 11.9 Å². The minimum absolute atomic E-state index is 0.00532. The molecule has 2 aromatic rings. The number of nitrogens with zero attached hydrogens (tertiary/aromatic N) is 1. The molecular weight excluding hydrogens is 293 g/mol. The van der Waals surface area contributed by atoms with Crippen molar-refractivity contribution >= 4 is 5.91 Å². The Morgan fingerprint density at radius 3 is 2.43 bits per heavy atom. The van der Waals surface area contributed by atoms with Crippen molar-refractivity contribution < 1.29 is 13.9 Å². The average molecular weight is 313 g/mol. The lowest BCUT2D eigenvalue weighted by atomic mass is 10.0. The zero-order chi connectivity index (χ0) is 16.4. The van der Waals surface area contributed by atoms with Crippen molar-refractivity contribution in [1.29, 1.82) is 0 Å². The molecule has 1 aliphatic rings. The van der Waals surface area contributed by atoms with E-state index in [1.165, 1.54) is 29.8 Å². The highest BCUT2D eigenvalue weighted by atomic mass is 19.1. The number of ether oxygens (including phenoxy) is 1. The van der Waals surface area contributed by atoms with Crippen LogP contribution in [-0.2, 0) is 4.74 Å². The van der Waals surface area contributed by atoms with Gasteiger partial charge in [-0.3, -0.25) is 4.79 Å². The van der Waals surface area contributed by atoms with Gasteiger partial charge >= 0.3 is 0 Å². The zero-order valence-corrected chi connectivity index (χ0v) is 13.3. The number of halogens is 1. The van der Waals surface area contributed by atoms with Crippen molar-refractivity contribution in [2.24, 2.45) is 0 Å². The van der Waals surface area contributed by atoms with Gasteiger partial charge in [-0.05, 0) is 43.7 Å². The number of benzene rings is 2. The molecule has 23 heavy (non-hydrogen) atoms. The molecule has 0 spiro atoms. The standard InChI is InChI=1S/C19H20FNO2/c1-13-3-5-15(6-4-13)18-11-21(14(2)12-23-18)19(22)16-7-9-17(20)10-8-16/h3-10,14,18H,11-12H2,1-2H3. The highest BCUT2D eigenvalue weighted by molar-refractivity contribution is 5.94. The Hall–Kier alpha value is -2.20. The van der Waals surface area contributed by atoms with Gasteiger partial charge in [0.15, 0.2) is 0 Å². The van der Waals surface area contributed by atoms with Gasteiger partial charge in [0, 0.05) is 5.56 Å². The molecule has 3 nitrogen and oxygen atoms in total. The number of hydrogen-bond acceptors (Lipinski definition) is 2. The molecule has 2 atom stereocenters. The molecule has 1 saturated heterocycles. The van der Waals surface area contributed by atoms with Crippen LogP contribution < -0.4 is 0 Å². The van der Waals surface area contributed by atoms with E-state index in [9.17, 15) is 9.18 Å². The molecule has 1 fully saturated rings. The molecule has 0 N–H and O–H groups in total. The summed E-state index contributed by atoms with van der Waals surface area (Å²) in [5, 5.41) is 0. The molecule has 4 heteroatoms. The predicted octanol–water partition coefficient (Wildman–Crippen LogP) is 3.74. The van der Waals surface area contributed by atoms with Crippen LogP contribution in [0.4, 0.5) is 4.39 Å². The molecular formula is C19H20FNO2. The summed E-state index contributed by atoms with van der Waals surface area (Å²) < 4.78 is 18.9. The summed E-state index contributed by atoms with van der Waals surface area (Å²) in [4.78, 5) is 14.5. The molecule has 0 bridgehead atoms. The third-order valence-electron chi connectivity index (χ3n) is 4.23. The van der Waals surface area contributed by atoms with Crippen LogP contribution in [0.1, 0.15) is 34.5 Å². The summed E-state index contributed by atoms with van der Waals surface area (Å²) in [5.74, 6) is -0.424. The van der Waals surface area contributed by atoms with E-state index in [1.807, 2.05) is 38.1 Å². The van der Waals surface area contributed by atoms with Crippen LogP contribution >= 0.6 is 0 Å². The van der Waals surface area contributed by atoms with Crippen LogP contribution in [0.15, 0.2) is 48.5 Å². The molecule has 2 aromatic carbocycles. The highest BCUT2D eigenvalue weighted by Crippen LogP contribution is 2.26. The van der Waals surface area contributed by atoms with Gasteiger partial charge in [0.25, 0.3) is 5.91 Å². The van der Waals surface area contributed by atoms with Crippen LogP contribution in [0.25, 0.3) is 0 Å². The van der Waals surface area contributed by atoms with E-state index in [1.54, 1.807) is 4.90 Å². The summed E-state index contributed by atoms with van der Waals surface area (Å²) in [7, 11) is 0. The van der Waals surface area contributed by atoms with Crippen molar-refractivity contribution in [2.45, 2.75) is 26.0 Å². The molecule has 3 rings (SSSR count). The molecule has 0 aromatic heterocycles. The second-order valence-corrected chi connectivity index (χ2v) is 6.05. The molecule has 1 amide bonds. The summed E-state index contributed by atoms with van der Waals surface area (Å²) in [6.45, 7) is 5.00. The maximum absolute atomic E-state index is 13.0. The Labute approximate surface area is 135 Å². The Kier molecular flexibility index (Phi) is 4.44. The smallest absolute Gasteiger partial charge is 0.254 e. The van der Waals surface area contributed by atoms with E-state index in [0.29, 0.717) is 18.7 Å². The van der Waals surface area contributed by atoms with Gasteiger partial charge < -0.3 is 9.64 Å². The SMILES string of the molecule is Cc1ccc(C2CN(C(=O)c3ccc(F)cc3)C(C)CO2)cc1. The molecule has 1 heterocycles. The van der Waals surface area contributed by atoms with Crippen molar-refractivity contribution in [3.63, 3.8) is 0 Å². The third-order valence-corrected chi connectivity index (χ3v) is 4.23. The number of hydrogen-bond donors (Lipinski definition) is 0. The number of amides is 1. The molecule has 120 valence electrons. The maximum atomic E-state index is 13.0. The maximum Gasteiger partial charge on any atom is 0.254 e. The molecule has 1 aliphatic heterocycles. The lowest BCUT2D eigenvalue weighted by molar-refractivity contribution is -0.0486. The van der Waals surface area contributed by atoms with Crippen LogP contribution in [0.5, 0.6) is 0 Å². The van der Waals surface area contributed by atoms with E-state index >= 15 is 0 Å². The predicted molar refractivity (Wildman–Crippen MR) is 86.8 cm³/mol. The number of rotatable bonds is 2. The van der Waals surface area contributed by atoms with Crippen LogP contribution in [0.2, 0.25) is 0 Å². The van der Waals surface area contributed by atoms with Crippen molar-refractivity contribution in [1.82, 2.24) is 4.90 Å². The number of morpholine rings is 1. The van der Waals surface area contributed by atoms with Gasteiger partial charge in [-0.15, -0.1) is 0 Å². The van der Waals surface area contributed by atoms with Crippen LogP contribution in [0, 0.1) is 12.7 Å².